The summed E-state index contributed by atoms with van der Waals surface area (Å²) in [6.07, 6.45) is 2.02. The molecular weight excluding hydrogens is 602 g/mol. The third kappa shape index (κ3) is 8.81. The van der Waals surface area contributed by atoms with Crippen LogP contribution >= 0.6 is 27.5 Å². The molecule has 3 rings (SSSR count). The van der Waals surface area contributed by atoms with Gasteiger partial charge in [0.1, 0.15) is 12.6 Å². The van der Waals surface area contributed by atoms with Crippen molar-refractivity contribution in [2.75, 3.05) is 17.1 Å². The second kappa shape index (κ2) is 14.0. The first-order chi connectivity index (χ1) is 18.5. The second-order valence-corrected chi connectivity index (χ2v) is 12.6. The zero-order valence-electron chi connectivity index (χ0n) is 22.2. The fourth-order valence-corrected chi connectivity index (χ4v) is 5.34. The zero-order valence-corrected chi connectivity index (χ0v) is 25.3. The van der Waals surface area contributed by atoms with E-state index in [2.05, 4.69) is 21.2 Å². The molecule has 0 aliphatic rings. The summed E-state index contributed by atoms with van der Waals surface area (Å²) in [5, 5.41) is 3.45. The van der Waals surface area contributed by atoms with Crippen LogP contribution in [-0.2, 0) is 32.6 Å². The van der Waals surface area contributed by atoms with Gasteiger partial charge < -0.3 is 10.2 Å². The van der Waals surface area contributed by atoms with Crippen LogP contribution in [-0.4, -0.2) is 50.0 Å². The predicted molar refractivity (Wildman–Crippen MR) is 160 cm³/mol. The molecule has 0 aliphatic carbocycles. The Labute approximate surface area is 244 Å². The smallest absolute Gasteiger partial charge is 0.244 e. The number of sulfonamides is 1. The number of hydrogen-bond donors (Lipinski definition) is 1. The minimum Gasteiger partial charge on any atom is -0.352 e. The molecule has 0 radical (unpaired) electrons. The fourth-order valence-electron chi connectivity index (χ4n) is 4.03. The third-order valence-corrected chi connectivity index (χ3v) is 8.40. The molecular formula is C29H33BrClN3O4S. The maximum atomic E-state index is 14.0. The van der Waals surface area contributed by atoms with E-state index in [1.54, 1.807) is 48.5 Å². The molecule has 0 fully saturated rings. The molecule has 3 aromatic carbocycles. The highest BCUT2D eigenvalue weighted by Crippen LogP contribution is 2.24. The molecule has 0 aliphatic heterocycles. The van der Waals surface area contributed by atoms with Gasteiger partial charge >= 0.3 is 0 Å². The van der Waals surface area contributed by atoms with Crippen molar-refractivity contribution in [1.82, 2.24) is 10.2 Å². The Kier molecular flexibility index (Phi) is 11.0. The number of nitrogens with one attached hydrogen (secondary N) is 1. The Morgan fingerprint density at radius 2 is 1.59 bits per heavy atom. The Bertz CT molecular complexity index is 1370. The van der Waals surface area contributed by atoms with Crippen LogP contribution < -0.4 is 9.62 Å². The molecule has 39 heavy (non-hydrogen) atoms. The topological polar surface area (TPSA) is 86.8 Å². The van der Waals surface area contributed by atoms with Gasteiger partial charge in [-0.15, -0.1) is 0 Å². The van der Waals surface area contributed by atoms with Crippen LogP contribution in [0.25, 0.3) is 0 Å². The average molecular weight is 635 g/mol. The van der Waals surface area contributed by atoms with Crippen LogP contribution in [0, 0.1) is 0 Å². The lowest BCUT2D eigenvalue weighted by atomic mass is 10.0. The van der Waals surface area contributed by atoms with E-state index in [1.807, 2.05) is 44.2 Å². The van der Waals surface area contributed by atoms with Gasteiger partial charge in [-0.2, -0.15) is 0 Å². The zero-order chi connectivity index (χ0) is 28.6. The number of rotatable bonds is 12. The molecule has 3 aromatic rings. The van der Waals surface area contributed by atoms with Crippen molar-refractivity contribution in [1.29, 1.82) is 0 Å². The molecule has 0 saturated heterocycles. The SMILES string of the molecule is CCC(C)NC(=O)C(Cc1ccccc1)N(Cc1ccccc1Cl)C(=O)CN(c1ccc(Br)cc1)S(C)(=O)=O. The van der Waals surface area contributed by atoms with Crippen LogP contribution in [0.1, 0.15) is 31.4 Å². The van der Waals surface area contributed by atoms with Crippen LogP contribution in [0.4, 0.5) is 5.69 Å². The maximum Gasteiger partial charge on any atom is 0.244 e. The largest absolute Gasteiger partial charge is 0.352 e. The summed E-state index contributed by atoms with van der Waals surface area (Å²) in [5.41, 5.74) is 1.86. The van der Waals surface area contributed by atoms with Gasteiger partial charge in [0.25, 0.3) is 0 Å². The highest BCUT2D eigenvalue weighted by Gasteiger charge is 2.33. The van der Waals surface area contributed by atoms with Gasteiger partial charge in [0.15, 0.2) is 0 Å². The highest BCUT2D eigenvalue weighted by molar-refractivity contribution is 9.10. The Morgan fingerprint density at radius 1 is 0.974 bits per heavy atom. The van der Waals surface area contributed by atoms with Crippen molar-refractivity contribution < 1.29 is 18.0 Å². The summed E-state index contributed by atoms with van der Waals surface area (Å²) in [5.74, 6) is -0.841. The first kappa shape index (κ1) is 30.7. The second-order valence-electron chi connectivity index (χ2n) is 9.38. The van der Waals surface area contributed by atoms with Crippen molar-refractivity contribution in [2.24, 2.45) is 0 Å². The molecule has 2 unspecified atom stereocenters. The van der Waals surface area contributed by atoms with Crippen molar-refractivity contribution >= 4 is 55.1 Å². The molecule has 2 atom stereocenters. The quantitative estimate of drug-likeness (QED) is 0.288. The Hall–Kier alpha value is -2.88. The minimum absolute atomic E-state index is 0.0296. The lowest BCUT2D eigenvalue weighted by Gasteiger charge is -2.34. The van der Waals surface area contributed by atoms with E-state index in [4.69, 9.17) is 11.6 Å². The lowest BCUT2D eigenvalue weighted by molar-refractivity contribution is -0.140. The first-order valence-corrected chi connectivity index (χ1v) is 15.6. The van der Waals surface area contributed by atoms with E-state index in [0.29, 0.717) is 22.7 Å². The van der Waals surface area contributed by atoms with E-state index in [-0.39, 0.29) is 24.9 Å². The highest BCUT2D eigenvalue weighted by atomic mass is 79.9. The lowest BCUT2D eigenvalue weighted by Crippen LogP contribution is -2.54. The van der Waals surface area contributed by atoms with Gasteiger partial charge in [-0.05, 0) is 54.8 Å². The van der Waals surface area contributed by atoms with E-state index in [9.17, 15) is 18.0 Å². The maximum absolute atomic E-state index is 14.0. The average Bonchev–Trinajstić information content (AvgIpc) is 2.90. The van der Waals surface area contributed by atoms with Gasteiger partial charge in [0.2, 0.25) is 21.8 Å². The standard InChI is InChI=1S/C29H33BrClN3O4S/c1-4-21(2)32-29(36)27(18-22-10-6-5-7-11-22)33(19-23-12-8-9-13-26(23)31)28(35)20-34(39(3,37)38)25-16-14-24(30)15-17-25/h5-17,21,27H,4,18-20H2,1-3H3,(H,32,36). The fraction of sp³-hybridized carbons (Fsp3) is 0.310. The van der Waals surface area contributed by atoms with Crippen LogP contribution in [0.2, 0.25) is 5.02 Å². The molecule has 0 saturated carbocycles. The molecule has 10 heteroatoms. The van der Waals surface area contributed by atoms with Crippen molar-refractivity contribution in [2.45, 2.75) is 45.3 Å². The van der Waals surface area contributed by atoms with E-state index < -0.39 is 28.5 Å². The number of anilines is 1. The monoisotopic (exact) mass is 633 g/mol. The van der Waals surface area contributed by atoms with Gasteiger partial charge in [0.05, 0.1) is 11.9 Å². The summed E-state index contributed by atoms with van der Waals surface area (Å²) < 4.78 is 27.4. The number of nitrogens with zero attached hydrogens (tertiary/aromatic N) is 2. The number of amides is 2. The number of carbonyl (C=O) groups excluding carboxylic acids is 2. The summed E-state index contributed by atoms with van der Waals surface area (Å²) in [6, 6.07) is 22.2. The minimum atomic E-state index is -3.82. The predicted octanol–water partition coefficient (Wildman–Crippen LogP) is 5.42. The van der Waals surface area contributed by atoms with Crippen LogP contribution in [0.5, 0.6) is 0 Å². The van der Waals surface area contributed by atoms with Crippen molar-refractivity contribution in [3.05, 3.63) is 99.5 Å². The molecule has 7 nitrogen and oxygen atoms in total. The molecule has 0 bridgehead atoms. The molecule has 1 N–H and O–H groups in total. The van der Waals surface area contributed by atoms with Crippen LogP contribution in [0.3, 0.4) is 0 Å². The molecule has 0 heterocycles. The molecule has 2 amide bonds. The van der Waals surface area contributed by atoms with Gasteiger partial charge in [-0.3, -0.25) is 13.9 Å². The summed E-state index contributed by atoms with van der Waals surface area (Å²) in [4.78, 5) is 29.1. The number of benzene rings is 3. The number of halogens is 2. The Balaban J connectivity index is 2.06. The molecule has 0 aromatic heterocycles. The van der Waals surface area contributed by atoms with Gasteiger partial charge in [-0.25, -0.2) is 8.42 Å². The summed E-state index contributed by atoms with van der Waals surface area (Å²) in [7, 11) is -3.82. The summed E-state index contributed by atoms with van der Waals surface area (Å²) >= 11 is 9.82. The normalized spacial score (nSPS) is 12.8. The van der Waals surface area contributed by atoms with Crippen molar-refractivity contribution in [3.8, 4) is 0 Å². The van der Waals surface area contributed by atoms with Gasteiger partial charge in [0, 0.05) is 28.5 Å². The molecule has 0 spiro atoms. The summed E-state index contributed by atoms with van der Waals surface area (Å²) in [6.45, 7) is 3.41. The molecule has 208 valence electrons. The van der Waals surface area contributed by atoms with Crippen molar-refractivity contribution in [3.63, 3.8) is 0 Å². The number of carbonyl (C=O) groups is 2. The third-order valence-electron chi connectivity index (χ3n) is 6.36. The van der Waals surface area contributed by atoms with E-state index in [1.165, 1.54) is 4.90 Å². The Morgan fingerprint density at radius 3 is 2.18 bits per heavy atom. The van der Waals surface area contributed by atoms with E-state index >= 15 is 0 Å². The van der Waals surface area contributed by atoms with Gasteiger partial charge in [-0.1, -0.05) is 83.0 Å². The van der Waals surface area contributed by atoms with Crippen LogP contribution in [0.15, 0.2) is 83.3 Å². The first-order valence-electron chi connectivity index (χ1n) is 12.6. The van der Waals surface area contributed by atoms with E-state index in [0.717, 1.165) is 20.6 Å². The number of hydrogen-bond acceptors (Lipinski definition) is 4.